The van der Waals surface area contributed by atoms with Crippen LogP contribution in [-0.2, 0) is 6.42 Å². The van der Waals surface area contributed by atoms with Gasteiger partial charge in [0, 0.05) is 17.2 Å². The van der Waals surface area contributed by atoms with Crippen molar-refractivity contribution in [2.45, 2.75) is 25.7 Å². The van der Waals surface area contributed by atoms with Gasteiger partial charge in [0.1, 0.15) is 11.7 Å². The maximum atomic E-state index is 14.3. The highest BCUT2D eigenvalue weighted by Gasteiger charge is 2.41. The van der Waals surface area contributed by atoms with Crippen LogP contribution in [-0.4, -0.2) is 16.1 Å². The maximum absolute atomic E-state index is 14.3. The molecule has 1 aliphatic heterocycles. The quantitative estimate of drug-likeness (QED) is 0.912. The molecule has 2 heterocycles. The molecule has 2 N–H and O–H groups in total. The van der Waals surface area contributed by atoms with E-state index in [0.29, 0.717) is 11.1 Å². The zero-order valence-electron chi connectivity index (χ0n) is 12.1. The number of H-pyrrole nitrogens is 1. The van der Waals surface area contributed by atoms with Crippen LogP contribution in [0.3, 0.4) is 0 Å². The van der Waals surface area contributed by atoms with Crippen LogP contribution in [0, 0.1) is 28.5 Å². The molecule has 112 valence electrons. The number of aromatic nitrogens is 2. The highest BCUT2D eigenvalue weighted by atomic mass is 19.1. The topological polar surface area (TPSA) is 85.5 Å². The van der Waals surface area contributed by atoms with Crippen LogP contribution in [0.25, 0.3) is 0 Å². The monoisotopic (exact) mass is 298 g/mol. The minimum atomic E-state index is -0.863. The summed E-state index contributed by atoms with van der Waals surface area (Å²) in [5, 5.41) is 24.3. The minimum Gasteiger partial charge on any atom is -0.422 e. The lowest BCUT2D eigenvalue weighted by Gasteiger charge is -2.28. The van der Waals surface area contributed by atoms with Crippen molar-refractivity contribution in [1.29, 1.82) is 10.7 Å². The van der Waals surface area contributed by atoms with Gasteiger partial charge in [-0.05, 0) is 18.1 Å². The first-order valence-corrected chi connectivity index (χ1v) is 7.14. The Morgan fingerprint density at radius 2 is 2.23 bits per heavy atom. The number of nitrogens with one attached hydrogen (secondary N) is 2. The van der Waals surface area contributed by atoms with Crippen molar-refractivity contribution in [3.63, 3.8) is 0 Å². The number of aromatic amines is 1. The summed E-state index contributed by atoms with van der Waals surface area (Å²) < 4.78 is 19.6. The van der Waals surface area contributed by atoms with E-state index in [2.05, 4.69) is 16.3 Å². The van der Waals surface area contributed by atoms with E-state index in [-0.39, 0.29) is 11.8 Å². The number of hydrogen-bond acceptors (Lipinski definition) is 4. The average molecular weight is 298 g/mol. The van der Waals surface area contributed by atoms with Gasteiger partial charge in [0.25, 0.3) is 0 Å². The first kappa shape index (κ1) is 14.3. The molecule has 6 heteroatoms. The second-order valence-corrected chi connectivity index (χ2v) is 5.24. The molecular formula is C16H15FN4O. The van der Waals surface area contributed by atoms with Crippen LogP contribution in [0.1, 0.15) is 36.1 Å². The van der Waals surface area contributed by atoms with Gasteiger partial charge in [0.05, 0.1) is 6.07 Å². The number of aryl methyl sites for hydroxylation is 1. The molecule has 0 bridgehead atoms. The third kappa shape index (κ3) is 2.15. The highest BCUT2D eigenvalue weighted by molar-refractivity contribution is 5.84. The van der Waals surface area contributed by atoms with Crippen LogP contribution in [0.15, 0.2) is 24.3 Å². The Balaban J connectivity index is 2.21. The number of benzene rings is 1. The van der Waals surface area contributed by atoms with Crippen molar-refractivity contribution in [3.8, 4) is 11.9 Å². The second-order valence-electron chi connectivity index (χ2n) is 5.24. The van der Waals surface area contributed by atoms with Gasteiger partial charge in [-0.1, -0.05) is 31.5 Å². The van der Waals surface area contributed by atoms with Crippen molar-refractivity contribution >= 4 is 5.90 Å². The van der Waals surface area contributed by atoms with Crippen molar-refractivity contribution in [2.24, 2.45) is 5.92 Å². The highest BCUT2D eigenvalue weighted by Crippen LogP contribution is 2.43. The van der Waals surface area contributed by atoms with Gasteiger partial charge in [0.15, 0.2) is 0 Å². The summed E-state index contributed by atoms with van der Waals surface area (Å²) in [6, 6.07) is 8.42. The lowest BCUT2D eigenvalue weighted by molar-refractivity contribution is 0.431. The molecule has 2 atom stereocenters. The van der Waals surface area contributed by atoms with Crippen molar-refractivity contribution in [3.05, 3.63) is 46.9 Å². The fraction of sp³-hybridized carbons (Fsp3) is 0.312. The average Bonchev–Trinajstić information content (AvgIpc) is 2.89. The largest absolute Gasteiger partial charge is 0.422 e. The summed E-state index contributed by atoms with van der Waals surface area (Å²) in [5.41, 5.74) is 1.91. The van der Waals surface area contributed by atoms with E-state index in [4.69, 9.17) is 10.1 Å². The second kappa shape index (κ2) is 5.60. The molecule has 1 aromatic carbocycles. The Kier molecular flexibility index (Phi) is 3.63. The summed E-state index contributed by atoms with van der Waals surface area (Å²) in [5.74, 6) is -1.76. The van der Waals surface area contributed by atoms with Crippen molar-refractivity contribution in [1.82, 2.24) is 10.2 Å². The molecule has 0 amide bonds. The van der Waals surface area contributed by atoms with Crippen LogP contribution in [0.4, 0.5) is 4.39 Å². The van der Waals surface area contributed by atoms with E-state index >= 15 is 0 Å². The molecule has 22 heavy (non-hydrogen) atoms. The van der Waals surface area contributed by atoms with Crippen LogP contribution < -0.4 is 4.74 Å². The lowest BCUT2D eigenvalue weighted by Crippen LogP contribution is -2.31. The molecule has 0 aliphatic carbocycles. The Labute approximate surface area is 127 Å². The molecule has 0 radical (unpaired) electrons. The van der Waals surface area contributed by atoms with Crippen molar-refractivity contribution in [2.75, 3.05) is 0 Å². The maximum Gasteiger partial charge on any atom is 0.243 e. The van der Waals surface area contributed by atoms with Gasteiger partial charge in [0.2, 0.25) is 11.8 Å². The molecular weight excluding hydrogens is 283 g/mol. The van der Waals surface area contributed by atoms with Crippen molar-refractivity contribution < 1.29 is 9.13 Å². The minimum absolute atomic E-state index is 0.196. The molecule has 5 nitrogen and oxygen atoms in total. The summed E-state index contributed by atoms with van der Waals surface area (Å²) >= 11 is 0. The predicted molar refractivity (Wildman–Crippen MR) is 78.3 cm³/mol. The third-order valence-electron chi connectivity index (χ3n) is 3.86. The number of nitriles is 1. The fourth-order valence-electron chi connectivity index (χ4n) is 2.89. The SMILES string of the molecule is CCCc1[nH]nc2c1C(c1ccccc1F)C(C#N)C(=N)O2. The van der Waals surface area contributed by atoms with Gasteiger partial charge >= 0.3 is 0 Å². The Bertz CT molecular complexity index is 762. The smallest absolute Gasteiger partial charge is 0.243 e. The summed E-state index contributed by atoms with van der Waals surface area (Å²) in [6.45, 7) is 2.03. The van der Waals surface area contributed by atoms with Crippen LogP contribution in [0.2, 0.25) is 0 Å². The van der Waals surface area contributed by atoms with E-state index in [1.54, 1.807) is 18.2 Å². The molecule has 2 aromatic rings. The Morgan fingerprint density at radius 1 is 1.45 bits per heavy atom. The van der Waals surface area contributed by atoms with Gasteiger partial charge in [-0.2, -0.15) is 5.26 Å². The van der Waals surface area contributed by atoms with E-state index in [9.17, 15) is 9.65 Å². The fourth-order valence-corrected chi connectivity index (χ4v) is 2.89. The van der Waals surface area contributed by atoms with E-state index in [1.165, 1.54) is 6.07 Å². The first-order valence-electron chi connectivity index (χ1n) is 7.14. The molecule has 1 aliphatic rings. The molecule has 0 saturated carbocycles. The molecule has 1 aromatic heterocycles. The first-order chi connectivity index (χ1) is 10.7. The van der Waals surface area contributed by atoms with Gasteiger partial charge < -0.3 is 4.74 Å². The van der Waals surface area contributed by atoms with Crippen LogP contribution in [0.5, 0.6) is 5.88 Å². The molecule has 3 rings (SSSR count). The number of fused-ring (bicyclic) bond motifs is 1. The predicted octanol–water partition coefficient (Wildman–Crippen LogP) is 3.14. The summed E-state index contributed by atoms with van der Waals surface area (Å²) in [7, 11) is 0. The molecule has 0 fully saturated rings. The molecule has 0 spiro atoms. The Hall–Kier alpha value is -2.68. The number of hydrogen-bond donors (Lipinski definition) is 2. The number of halogens is 1. The van der Waals surface area contributed by atoms with E-state index in [0.717, 1.165) is 18.5 Å². The Morgan fingerprint density at radius 3 is 2.91 bits per heavy atom. The third-order valence-corrected chi connectivity index (χ3v) is 3.86. The zero-order chi connectivity index (χ0) is 15.7. The standard InChI is InChI=1S/C16H15FN4O/c1-2-5-12-14-13(9-6-3-4-7-11(9)17)10(8-18)15(19)22-16(14)21-20-12/h3-4,6-7,10,13,19H,2,5H2,1H3,(H,20,21). The molecule has 2 unspecified atom stereocenters. The van der Waals surface area contributed by atoms with Gasteiger partial charge in [-0.15, -0.1) is 5.10 Å². The van der Waals surface area contributed by atoms with Gasteiger partial charge in [-0.25, -0.2) is 4.39 Å². The normalized spacial score (nSPS) is 20.1. The summed E-state index contributed by atoms with van der Waals surface area (Å²) in [6.07, 6.45) is 1.61. The molecule has 0 saturated heterocycles. The van der Waals surface area contributed by atoms with Crippen LogP contribution >= 0.6 is 0 Å². The number of nitrogens with zero attached hydrogens (tertiary/aromatic N) is 2. The summed E-state index contributed by atoms with van der Waals surface area (Å²) in [4.78, 5) is 0. The zero-order valence-corrected chi connectivity index (χ0v) is 12.1. The number of rotatable bonds is 3. The number of ether oxygens (including phenoxy) is 1. The lowest BCUT2D eigenvalue weighted by atomic mass is 9.79. The van der Waals surface area contributed by atoms with Gasteiger partial charge in [-0.3, -0.25) is 10.5 Å². The van der Waals surface area contributed by atoms with E-state index in [1.807, 2.05) is 6.92 Å². The van der Waals surface area contributed by atoms with E-state index < -0.39 is 17.7 Å².